The predicted molar refractivity (Wildman–Crippen MR) is 61.5 cm³/mol. The van der Waals surface area contributed by atoms with E-state index in [1.54, 1.807) is 25.3 Å². The fourth-order valence-electron chi connectivity index (χ4n) is 1.07. The first kappa shape index (κ1) is 12.2. The van der Waals surface area contributed by atoms with Crippen molar-refractivity contribution in [3.05, 3.63) is 28.2 Å². The molecular formula is C11H13BrO3. The molecule has 0 saturated carbocycles. The molecule has 0 amide bonds. The smallest absolute Gasteiger partial charge is 0.159 e. The fourth-order valence-corrected chi connectivity index (χ4v) is 1.43. The van der Waals surface area contributed by atoms with Crippen LogP contribution in [0.5, 0.6) is 5.75 Å². The minimum atomic E-state index is 0.0269. The van der Waals surface area contributed by atoms with Gasteiger partial charge in [0.1, 0.15) is 12.4 Å². The average Bonchev–Trinajstić information content (AvgIpc) is 2.20. The highest BCUT2D eigenvalue weighted by molar-refractivity contribution is 9.10. The molecular weight excluding hydrogens is 260 g/mol. The molecule has 0 saturated heterocycles. The molecule has 4 heteroatoms. The summed E-state index contributed by atoms with van der Waals surface area (Å²) in [5.74, 6) is 0.693. The van der Waals surface area contributed by atoms with Gasteiger partial charge in [-0.25, -0.2) is 0 Å². The van der Waals surface area contributed by atoms with Gasteiger partial charge in [0.05, 0.1) is 11.1 Å². The summed E-state index contributed by atoms with van der Waals surface area (Å²) in [4.78, 5) is 11.1. The van der Waals surface area contributed by atoms with Gasteiger partial charge in [-0.2, -0.15) is 0 Å². The molecule has 15 heavy (non-hydrogen) atoms. The maximum absolute atomic E-state index is 11.1. The van der Waals surface area contributed by atoms with Crippen LogP contribution < -0.4 is 4.74 Å². The van der Waals surface area contributed by atoms with Crippen molar-refractivity contribution in [3.8, 4) is 5.75 Å². The third-order valence-corrected chi connectivity index (χ3v) is 2.54. The molecule has 0 fully saturated rings. The van der Waals surface area contributed by atoms with Gasteiger partial charge in [0.15, 0.2) is 5.78 Å². The zero-order valence-electron chi connectivity index (χ0n) is 8.75. The maximum Gasteiger partial charge on any atom is 0.159 e. The lowest BCUT2D eigenvalue weighted by atomic mass is 10.1. The Morgan fingerprint density at radius 1 is 1.40 bits per heavy atom. The molecule has 0 N–H and O–H groups in total. The Labute approximate surface area is 97.5 Å². The van der Waals surface area contributed by atoms with Gasteiger partial charge in [0.2, 0.25) is 0 Å². The van der Waals surface area contributed by atoms with Gasteiger partial charge < -0.3 is 9.47 Å². The lowest BCUT2D eigenvalue weighted by molar-refractivity contribution is 0.101. The van der Waals surface area contributed by atoms with Crippen LogP contribution in [0.15, 0.2) is 22.7 Å². The van der Waals surface area contributed by atoms with Gasteiger partial charge in [-0.1, -0.05) is 6.07 Å². The Balaban J connectivity index is 2.76. The summed E-state index contributed by atoms with van der Waals surface area (Å²) in [6.45, 7) is 2.52. The maximum atomic E-state index is 11.1. The van der Waals surface area contributed by atoms with Crippen molar-refractivity contribution in [1.82, 2.24) is 0 Å². The molecule has 0 spiro atoms. The summed E-state index contributed by atoms with van der Waals surface area (Å²) in [5.41, 5.74) is 0.644. The van der Waals surface area contributed by atoms with E-state index in [1.807, 2.05) is 0 Å². The van der Waals surface area contributed by atoms with E-state index in [0.717, 1.165) is 4.47 Å². The second-order valence-electron chi connectivity index (χ2n) is 3.04. The summed E-state index contributed by atoms with van der Waals surface area (Å²) in [6, 6.07) is 5.29. The van der Waals surface area contributed by atoms with Gasteiger partial charge in [-0.15, -0.1) is 0 Å². The quantitative estimate of drug-likeness (QED) is 0.611. The second-order valence-corrected chi connectivity index (χ2v) is 3.90. The number of carbonyl (C=O) groups excluding carboxylic acids is 1. The average molecular weight is 273 g/mol. The SMILES string of the molecule is COCCOc1cc(C(C)=O)ccc1Br. The van der Waals surface area contributed by atoms with Gasteiger partial charge >= 0.3 is 0 Å². The minimum Gasteiger partial charge on any atom is -0.490 e. The number of halogens is 1. The number of rotatable bonds is 5. The van der Waals surface area contributed by atoms with Gasteiger partial charge in [0, 0.05) is 12.7 Å². The highest BCUT2D eigenvalue weighted by atomic mass is 79.9. The lowest BCUT2D eigenvalue weighted by Gasteiger charge is -2.08. The monoisotopic (exact) mass is 272 g/mol. The number of ketones is 1. The highest BCUT2D eigenvalue weighted by Crippen LogP contribution is 2.26. The Morgan fingerprint density at radius 2 is 2.13 bits per heavy atom. The molecule has 0 aliphatic heterocycles. The van der Waals surface area contributed by atoms with Crippen LogP contribution >= 0.6 is 15.9 Å². The number of hydrogen-bond donors (Lipinski definition) is 0. The zero-order chi connectivity index (χ0) is 11.3. The molecule has 0 aliphatic carbocycles. The third kappa shape index (κ3) is 3.64. The number of ether oxygens (including phenoxy) is 2. The first-order valence-corrected chi connectivity index (χ1v) is 5.36. The van der Waals surface area contributed by atoms with E-state index >= 15 is 0 Å². The molecule has 0 bridgehead atoms. The predicted octanol–water partition coefficient (Wildman–Crippen LogP) is 2.68. The van der Waals surface area contributed by atoms with Crippen molar-refractivity contribution in [1.29, 1.82) is 0 Å². The Bertz CT molecular complexity index is 350. The van der Waals surface area contributed by atoms with Gasteiger partial charge in [-0.3, -0.25) is 4.79 Å². The molecule has 0 unspecified atom stereocenters. The topological polar surface area (TPSA) is 35.5 Å². The van der Waals surface area contributed by atoms with Crippen molar-refractivity contribution >= 4 is 21.7 Å². The molecule has 0 atom stereocenters. The van der Waals surface area contributed by atoms with Crippen LogP contribution in [0.3, 0.4) is 0 Å². The van der Waals surface area contributed by atoms with Crippen LogP contribution in [0, 0.1) is 0 Å². The fraction of sp³-hybridized carbons (Fsp3) is 0.364. The highest BCUT2D eigenvalue weighted by Gasteiger charge is 2.05. The Morgan fingerprint density at radius 3 is 2.73 bits per heavy atom. The number of benzene rings is 1. The van der Waals surface area contributed by atoms with Crippen molar-refractivity contribution in [2.75, 3.05) is 20.3 Å². The number of methoxy groups -OCH3 is 1. The molecule has 82 valence electrons. The van der Waals surface area contributed by atoms with Crippen LogP contribution in [0.2, 0.25) is 0 Å². The normalized spacial score (nSPS) is 10.1. The zero-order valence-corrected chi connectivity index (χ0v) is 10.3. The molecule has 1 aromatic carbocycles. The number of carbonyl (C=O) groups is 1. The van der Waals surface area contributed by atoms with Crippen LogP contribution in [0.25, 0.3) is 0 Å². The van der Waals surface area contributed by atoms with E-state index in [9.17, 15) is 4.79 Å². The van der Waals surface area contributed by atoms with Crippen LogP contribution in [-0.4, -0.2) is 26.1 Å². The summed E-state index contributed by atoms with van der Waals surface area (Å²) < 4.78 is 11.2. The second kappa shape index (κ2) is 5.88. The molecule has 1 aromatic rings. The molecule has 0 radical (unpaired) electrons. The first-order chi connectivity index (χ1) is 7.15. The van der Waals surface area contributed by atoms with Crippen LogP contribution in [0.4, 0.5) is 0 Å². The largest absolute Gasteiger partial charge is 0.490 e. The van der Waals surface area contributed by atoms with Gasteiger partial charge in [-0.05, 0) is 35.0 Å². The summed E-state index contributed by atoms with van der Waals surface area (Å²) >= 11 is 3.35. The first-order valence-electron chi connectivity index (χ1n) is 4.57. The van der Waals surface area contributed by atoms with E-state index in [-0.39, 0.29) is 5.78 Å². The van der Waals surface area contributed by atoms with E-state index in [4.69, 9.17) is 9.47 Å². The lowest BCUT2D eigenvalue weighted by Crippen LogP contribution is -2.05. The Kier molecular flexibility index (Phi) is 4.78. The van der Waals surface area contributed by atoms with Crippen LogP contribution in [0.1, 0.15) is 17.3 Å². The minimum absolute atomic E-state index is 0.0269. The van der Waals surface area contributed by atoms with Crippen molar-refractivity contribution in [2.24, 2.45) is 0 Å². The van der Waals surface area contributed by atoms with Crippen molar-refractivity contribution in [3.63, 3.8) is 0 Å². The number of hydrogen-bond acceptors (Lipinski definition) is 3. The van der Waals surface area contributed by atoms with Crippen LogP contribution in [-0.2, 0) is 4.74 Å². The standard InChI is InChI=1S/C11H13BrO3/c1-8(13)9-3-4-10(12)11(7-9)15-6-5-14-2/h3-4,7H,5-6H2,1-2H3. The van der Waals surface area contributed by atoms with E-state index in [1.165, 1.54) is 6.92 Å². The van der Waals surface area contributed by atoms with Crippen molar-refractivity contribution in [2.45, 2.75) is 6.92 Å². The summed E-state index contributed by atoms with van der Waals surface area (Å²) in [5, 5.41) is 0. The summed E-state index contributed by atoms with van der Waals surface area (Å²) in [6.07, 6.45) is 0. The molecule has 0 aliphatic rings. The Hall–Kier alpha value is -0.870. The molecule has 0 heterocycles. The van der Waals surface area contributed by atoms with Gasteiger partial charge in [0.25, 0.3) is 0 Å². The van der Waals surface area contributed by atoms with E-state index in [2.05, 4.69) is 15.9 Å². The van der Waals surface area contributed by atoms with E-state index in [0.29, 0.717) is 24.5 Å². The van der Waals surface area contributed by atoms with Crippen molar-refractivity contribution < 1.29 is 14.3 Å². The molecule has 1 rings (SSSR count). The van der Waals surface area contributed by atoms with E-state index < -0.39 is 0 Å². The number of Topliss-reactive ketones (excluding diaryl/α,β-unsaturated/α-hetero) is 1. The third-order valence-electron chi connectivity index (χ3n) is 1.88. The summed E-state index contributed by atoms with van der Waals surface area (Å²) in [7, 11) is 1.62. The molecule has 3 nitrogen and oxygen atoms in total. The molecule has 0 aromatic heterocycles.